The molecule has 17 heavy (non-hydrogen) atoms. The Morgan fingerprint density at radius 3 is 2.65 bits per heavy atom. The third kappa shape index (κ3) is 2.76. The molecule has 0 radical (unpaired) electrons. The molecule has 1 aromatic carbocycles. The standard InChI is InChI=1S/C15H18O2/c1-2-17-15(16)14-11-7-6-10-13(14)12-8-4-3-5-9-12/h2,6-7,10-12H,1,3-5,8-9H2. The van der Waals surface area contributed by atoms with Gasteiger partial charge in [-0.3, -0.25) is 0 Å². The van der Waals surface area contributed by atoms with Gasteiger partial charge in [0.15, 0.2) is 0 Å². The lowest BCUT2D eigenvalue weighted by molar-refractivity contribution is 0.0662. The van der Waals surface area contributed by atoms with Crippen molar-refractivity contribution in [2.24, 2.45) is 0 Å². The Kier molecular flexibility index (Phi) is 3.97. The summed E-state index contributed by atoms with van der Waals surface area (Å²) in [6.45, 7) is 3.43. The van der Waals surface area contributed by atoms with Crippen LogP contribution in [0.4, 0.5) is 0 Å². The molecule has 90 valence electrons. The van der Waals surface area contributed by atoms with Gasteiger partial charge in [0.05, 0.1) is 11.8 Å². The average Bonchev–Trinajstić information content (AvgIpc) is 2.40. The molecule has 0 bridgehead atoms. The van der Waals surface area contributed by atoms with Gasteiger partial charge in [-0.05, 0) is 30.4 Å². The van der Waals surface area contributed by atoms with E-state index in [4.69, 9.17) is 4.74 Å². The van der Waals surface area contributed by atoms with Crippen molar-refractivity contribution in [3.05, 3.63) is 48.2 Å². The van der Waals surface area contributed by atoms with Crippen molar-refractivity contribution >= 4 is 5.97 Å². The fourth-order valence-corrected chi connectivity index (χ4v) is 2.59. The molecule has 1 saturated carbocycles. The Balaban J connectivity index is 2.25. The number of benzene rings is 1. The van der Waals surface area contributed by atoms with E-state index in [0.717, 1.165) is 5.56 Å². The molecule has 0 aromatic heterocycles. The van der Waals surface area contributed by atoms with Gasteiger partial charge in [-0.15, -0.1) is 0 Å². The van der Waals surface area contributed by atoms with Crippen LogP contribution in [0.1, 0.15) is 53.9 Å². The normalized spacial score (nSPS) is 16.5. The van der Waals surface area contributed by atoms with E-state index in [2.05, 4.69) is 12.6 Å². The van der Waals surface area contributed by atoms with Gasteiger partial charge in [-0.25, -0.2) is 4.79 Å². The summed E-state index contributed by atoms with van der Waals surface area (Å²) in [7, 11) is 0. The van der Waals surface area contributed by atoms with E-state index in [-0.39, 0.29) is 5.97 Å². The highest BCUT2D eigenvalue weighted by molar-refractivity contribution is 5.91. The Hall–Kier alpha value is -1.57. The lowest BCUT2D eigenvalue weighted by atomic mass is 9.82. The lowest BCUT2D eigenvalue weighted by Gasteiger charge is -2.23. The summed E-state index contributed by atoms with van der Waals surface area (Å²) < 4.78 is 4.88. The van der Waals surface area contributed by atoms with Crippen LogP contribution >= 0.6 is 0 Å². The van der Waals surface area contributed by atoms with Crippen LogP contribution < -0.4 is 0 Å². The van der Waals surface area contributed by atoms with Crippen molar-refractivity contribution in [3.8, 4) is 0 Å². The molecule has 1 aliphatic carbocycles. The minimum atomic E-state index is -0.291. The Morgan fingerprint density at radius 2 is 1.94 bits per heavy atom. The molecular formula is C15H18O2. The maximum Gasteiger partial charge on any atom is 0.343 e. The summed E-state index contributed by atoms with van der Waals surface area (Å²) in [4.78, 5) is 11.8. The van der Waals surface area contributed by atoms with Crippen molar-refractivity contribution in [3.63, 3.8) is 0 Å². The van der Waals surface area contributed by atoms with Crippen molar-refractivity contribution in [1.82, 2.24) is 0 Å². The van der Waals surface area contributed by atoms with Crippen molar-refractivity contribution in [2.45, 2.75) is 38.0 Å². The molecule has 2 rings (SSSR count). The predicted molar refractivity (Wildman–Crippen MR) is 67.9 cm³/mol. The summed E-state index contributed by atoms with van der Waals surface area (Å²) in [5.74, 6) is 0.221. The summed E-state index contributed by atoms with van der Waals surface area (Å²) in [5.41, 5.74) is 1.83. The molecule has 2 heteroatoms. The Bertz CT molecular complexity index is 403. The zero-order chi connectivity index (χ0) is 12.1. The summed E-state index contributed by atoms with van der Waals surface area (Å²) in [5, 5.41) is 0. The van der Waals surface area contributed by atoms with E-state index in [1.165, 1.54) is 38.4 Å². The molecule has 0 unspecified atom stereocenters. The number of ether oxygens (including phenoxy) is 1. The molecule has 0 saturated heterocycles. The molecular weight excluding hydrogens is 212 g/mol. The minimum Gasteiger partial charge on any atom is -0.432 e. The van der Waals surface area contributed by atoms with Crippen LogP contribution in [0.25, 0.3) is 0 Å². The van der Waals surface area contributed by atoms with E-state index >= 15 is 0 Å². The summed E-state index contributed by atoms with van der Waals surface area (Å²) >= 11 is 0. The maximum absolute atomic E-state index is 11.8. The first-order valence-electron chi connectivity index (χ1n) is 6.23. The molecule has 0 aliphatic heterocycles. The van der Waals surface area contributed by atoms with E-state index in [1.54, 1.807) is 0 Å². The topological polar surface area (TPSA) is 26.3 Å². The van der Waals surface area contributed by atoms with E-state index in [0.29, 0.717) is 11.5 Å². The number of rotatable bonds is 3. The van der Waals surface area contributed by atoms with Crippen LogP contribution in [0.15, 0.2) is 37.1 Å². The van der Waals surface area contributed by atoms with Crippen molar-refractivity contribution in [2.75, 3.05) is 0 Å². The highest BCUT2D eigenvalue weighted by atomic mass is 16.5. The lowest BCUT2D eigenvalue weighted by Crippen LogP contribution is -2.11. The van der Waals surface area contributed by atoms with Crippen LogP contribution in [-0.2, 0) is 4.74 Å². The Labute approximate surface area is 102 Å². The zero-order valence-corrected chi connectivity index (χ0v) is 10.0. The smallest absolute Gasteiger partial charge is 0.343 e. The summed E-state index contributed by atoms with van der Waals surface area (Å²) in [6, 6.07) is 7.77. The SMILES string of the molecule is C=COC(=O)c1ccccc1C1CCCCC1. The molecule has 0 atom stereocenters. The molecule has 0 amide bonds. The highest BCUT2D eigenvalue weighted by Gasteiger charge is 2.21. The summed E-state index contributed by atoms with van der Waals surface area (Å²) in [6.07, 6.45) is 7.39. The van der Waals surface area contributed by atoms with Gasteiger partial charge < -0.3 is 4.74 Å². The van der Waals surface area contributed by atoms with Crippen LogP contribution in [0.3, 0.4) is 0 Å². The third-order valence-electron chi connectivity index (χ3n) is 3.42. The van der Waals surface area contributed by atoms with Gasteiger partial charge in [-0.2, -0.15) is 0 Å². The number of hydrogen-bond donors (Lipinski definition) is 0. The van der Waals surface area contributed by atoms with Crippen LogP contribution in [0, 0.1) is 0 Å². The quantitative estimate of drug-likeness (QED) is 0.578. The fourth-order valence-electron chi connectivity index (χ4n) is 2.59. The van der Waals surface area contributed by atoms with E-state index in [1.807, 2.05) is 18.2 Å². The zero-order valence-electron chi connectivity index (χ0n) is 10.0. The molecule has 0 N–H and O–H groups in total. The van der Waals surface area contributed by atoms with Gasteiger partial charge in [0, 0.05) is 0 Å². The monoisotopic (exact) mass is 230 g/mol. The van der Waals surface area contributed by atoms with Crippen LogP contribution in [0.5, 0.6) is 0 Å². The second kappa shape index (κ2) is 5.67. The third-order valence-corrected chi connectivity index (χ3v) is 3.42. The van der Waals surface area contributed by atoms with Gasteiger partial charge in [0.25, 0.3) is 0 Å². The molecule has 1 fully saturated rings. The minimum absolute atomic E-state index is 0.291. The molecule has 0 heterocycles. The fraction of sp³-hybridized carbons (Fsp3) is 0.400. The average molecular weight is 230 g/mol. The van der Waals surface area contributed by atoms with Crippen LogP contribution in [-0.4, -0.2) is 5.97 Å². The Morgan fingerprint density at radius 1 is 1.24 bits per heavy atom. The first-order chi connectivity index (χ1) is 8.33. The molecule has 1 aromatic rings. The van der Waals surface area contributed by atoms with Gasteiger partial charge in [0.2, 0.25) is 0 Å². The van der Waals surface area contributed by atoms with Crippen molar-refractivity contribution in [1.29, 1.82) is 0 Å². The van der Waals surface area contributed by atoms with Gasteiger partial charge in [-0.1, -0.05) is 44.0 Å². The first-order valence-corrected chi connectivity index (χ1v) is 6.23. The second-order valence-corrected chi connectivity index (χ2v) is 4.49. The predicted octanol–water partition coefficient (Wildman–Crippen LogP) is 4.03. The number of carbonyl (C=O) groups excluding carboxylic acids is 1. The largest absolute Gasteiger partial charge is 0.432 e. The highest BCUT2D eigenvalue weighted by Crippen LogP contribution is 2.34. The number of carbonyl (C=O) groups is 1. The van der Waals surface area contributed by atoms with Crippen LogP contribution in [0.2, 0.25) is 0 Å². The molecule has 2 nitrogen and oxygen atoms in total. The van der Waals surface area contributed by atoms with E-state index < -0.39 is 0 Å². The number of esters is 1. The molecule has 1 aliphatic rings. The van der Waals surface area contributed by atoms with Gasteiger partial charge in [0.1, 0.15) is 0 Å². The van der Waals surface area contributed by atoms with Crippen molar-refractivity contribution < 1.29 is 9.53 Å². The van der Waals surface area contributed by atoms with E-state index in [9.17, 15) is 4.79 Å². The number of hydrogen-bond acceptors (Lipinski definition) is 2. The maximum atomic E-state index is 11.8. The first kappa shape index (κ1) is 11.9. The molecule has 0 spiro atoms. The second-order valence-electron chi connectivity index (χ2n) is 4.49. The van der Waals surface area contributed by atoms with Gasteiger partial charge >= 0.3 is 5.97 Å².